The first kappa shape index (κ1) is 14.8. The van der Waals surface area contributed by atoms with Gasteiger partial charge in [0, 0.05) is 18.2 Å². The fourth-order valence-corrected chi connectivity index (χ4v) is 3.17. The lowest BCUT2D eigenvalue weighted by atomic mass is 10.3. The highest BCUT2D eigenvalue weighted by Gasteiger charge is 2.28. The van der Waals surface area contributed by atoms with Crippen LogP contribution in [-0.2, 0) is 4.79 Å². The number of thioether (sulfide) groups is 1. The number of benzene rings is 1. The Morgan fingerprint density at radius 1 is 1.47 bits per heavy atom. The van der Waals surface area contributed by atoms with Crippen LogP contribution in [0, 0.1) is 0 Å². The summed E-state index contributed by atoms with van der Waals surface area (Å²) >= 11 is 13.3. The third kappa shape index (κ3) is 4.18. The van der Waals surface area contributed by atoms with Gasteiger partial charge in [-0.05, 0) is 12.1 Å². The van der Waals surface area contributed by atoms with E-state index in [1.165, 1.54) is 0 Å². The molecule has 2 N–H and O–H groups in total. The highest BCUT2D eigenvalue weighted by atomic mass is 35.5. The quantitative estimate of drug-likeness (QED) is 0.873. The summed E-state index contributed by atoms with van der Waals surface area (Å²) in [4.78, 5) is 10.8. The van der Waals surface area contributed by atoms with Gasteiger partial charge in [0.2, 0.25) is 0 Å². The van der Waals surface area contributed by atoms with Crippen LogP contribution in [0.5, 0.6) is 5.75 Å². The molecule has 2 atom stereocenters. The van der Waals surface area contributed by atoms with Crippen LogP contribution in [0.3, 0.4) is 0 Å². The Labute approximate surface area is 125 Å². The summed E-state index contributed by atoms with van der Waals surface area (Å²) in [5.74, 6) is 0.444. The van der Waals surface area contributed by atoms with Gasteiger partial charge in [0.1, 0.15) is 11.8 Å². The zero-order valence-corrected chi connectivity index (χ0v) is 12.3. The van der Waals surface area contributed by atoms with Gasteiger partial charge in [-0.3, -0.25) is 10.1 Å². The Morgan fingerprint density at radius 3 is 2.89 bits per heavy atom. The fourth-order valence-electron chi connectivity index (χ4n) is 1.69. The average Bonchev–Trinajstić information content (AvgIpc) is 2.83. The highest BCUT2D eigenvalue weighted by Crippen LogP contribution is 2.27. The standard InChI is InChI=1S/C12H13Cl2NO3S/c13-8-2-1-7(5-9(8)14)18-4-3-11-15-10(6-19-11)12(16)17/h1-2,5,10-11,15H,3-4,6H2,(H,16,17). The lowest BCUT2D eigenvalue weighted by Gasteiger charge is -2.12. The van der Waals surface area contributed by atoms with E-state index in [0.29, 0.717) is 28.2 Å². The average molecular weight is 322 g/mol. The van der Waals surface area contributed by atoms with Crippen molar-refractivity contribution in [1.29, 1.82) is 0 Å². The molecule has 1 fully saturated rings. The van der Waals surface area contributed by atoms with Crippen LogP contribution in [0.15, 0.2) is 18.2 Å². The molecular weight excluding hydrogens is 309 g/mol. The lowest BCUT2D eigenvalue weighted by Crippen LogP contribution is -2.36. The first-order valence-electron chi connectivity index (χ1n) is 5.74. The summed E-state index contributed by atoms with van der Waals surface area (Å²) < 4.78 is 5.56. The van der Waals surface area contributed by atoms with Gasteiger partial charge in [-0.1, -0.05) is 23.2 Å². The van der Waals surface area contributed by atoms with E-state index < -0.39 is 12.0 Å². The summed E-state index contributed by atoms with van der Waals surface area (Å²) in [5.41, 5.74) is 0. The normalized spacial score (nSPS) is 22.4. The summed E-state index contributed by atoms with van der Waals surface area (Å²) in [6.07, 6.45) is 0.731. The number of halogens is 2. The number of rotatable bonds is 5. The predicted molar refractivity (Wildman–Crippen MR) is 77.4 cm³/mol. The maximum Gasteiger partial charge on any atom is 0.321 e. The number of carboxylic acid groups (broad SMARTS) is 1. The Balaban J connectivity index is 1.75. The van der Waals surface area contributed by atoms with Gasteiger partial charge in [-0.2, -0.15) is 0 Å². The second-order valence-corrected chi connectivity index (χ2v) is 6.14. The SMILES string of the molecule is O=C(O)C1CSC(CCOc2ccc(Cl)c(Cl)c2)N1. The van der Waals surface area contributed by atoms with Crippen molar-refractivity contribution >= 4 is 40.9 Å². The van der Waals surface area contributed by atoms with E-state index in [-0.39, 0.29) is 5.37 Å². The molecule has 1 aliphatic heterocycles. The molecule has 1 saturated heterocycles. The van der Waals surface area contributed by atoms with Crippen molar-refractivity contribution in [3.8, 4) is 5.75 Å². The molecule has 0 spiro atoms. The van der Waals surface area contributed by atoms with Gasteiger partial charge in [-0.25, -0.2) is 0 Å². The Kier molecular flexibility index (Phi) is 5.21. The number of hydrogen-bond donors (Lipinski definition) is 2. The summed E-state index contributed by atoms with van der Waals surface area (Å²) in [5, 5.41) is 13.0. The van der Waals surface area contributed by atoms with Crippen LogP contribution in [-0.4, -0.2) is 34.9 Å². The smallest absolute Gasteiger partial charge is 0.321 e. The molecule has 19 heavy (non-hydrogen) atoms. The van der Waals surface area contributed by atoms with E-state index in [4.69, 9.17) is 33.0 Å². The van der Waals surface area contributed by atoms with Crippen LogP contribution in [0.1, 0.15) is 6.42 Å². The van der Waals surface area contributed by atoms with Crippen LogP contribution in [0.4, 0.5) is 0 Å². The Bertz CT molecular complexity index is 472. The molecule has 1 aromatic carbocycles. The molecule has 0 saturated carbocycles. The van der Waals surface area contributed by atoms with Crippen molar-refractivity contribution in [1.82, 2.24) is 5.32 Å². The molecule has 1 aromatic rings. The second-order valence-electron chi connectivity index (χ2n) is 4.09. The van der Waals surface area contributed by atoms with Crippen LogP contribution in [0.2, 0.25) is 10.0 Å². The second kappa shape index (κ2) is 6.70. The van der Waals surface area contributed by atoms with Crippen molar-refractivity contribution in [2.75, 3.05) is 12.4 Å². The van der Waals surface area contributed by atoms with Crippen molar-refractivity contribution in [3.05, 3.63) is 28.2 Å². The maximum absolute atomic E-state index is 10.8. The molecule has 0 bridgehead atoms. The molecule has 7 heteroatoms. The lowest BCUT2D eigenvalue weighted by molar-refractivity contribution is -0.138. The van der Waals surface area contributed by atoms with E-state index in [0.717, 1.165) is 6.42 Å². The van der Waals surface area contributed by atoms with E-state index in [2.05, 4.69) is 5.32 Å². The number of carboxylic acids is 1. The van der Waals surface area contributed by atoms with Crippen molar-refractivity contribution in [2.24, 2.45) is 0 Å². The van der Waals surface area contributed by atoms with Crippen LogP contribution in [0.25, 0.3) is 0 Å². The van der Waals surface area contributed by atoms with Gasteiger partial charge in [-0.15, -0.1) is 11.8 Å². The van der Waals surface area contributed by atoms with Gasteiger partial charge >= 0.3 is 5.97 Å². The van der Waals surface area contributed by atoms with E-state index in [9.17, 15) is 4.79 Å². The largest absolute Gasteiger partial charge is 0.493 e. The minimum absolute atomic E-state index is 0.115. The number of nitrogens with one attached hydrogen (secondary N) is 1. The monoisotopic (exact) mass is 321 g/mol. The number of carbonyl (C=O) groups is 1. The third-order valence-electron chi connectivity index (χ3n) is 2.69. The number of ether oxygens (including phenoxy) is 1. The molecule has 0 radical (unpaired) electrons. The number of hydrogen-bond acceptors (Lipinski definition) is 4. The maximum atomic E-state index is 10.8. The minimum atomic E-state index is -0.805. The van der Waals surface area contributed by atoms with Gasteiger partial charge in [0.05, 0.1) is 22.0 Å². The first-order chi connectivity index (χ1) is 9.06. The first-order valence-corrected chi connectivity index (χ1v) is 7.55. The van der Waals surface area contributed by atoms with Gasteiger partial charge in [0.25, 0.3) is 0 Å². The fraction of sp³-hybridized carbons (Fsp3) is 0.417. The molecule has 104 valence electrons. The van der Waals surface area contributed by atoms with Crippen molar-refractivity contribution < 1.29 is 14.6 Å². The topological polar surface area (TPSA) is 58.6 Å². The van der Waals surface area contributed by atoms with Gasteiger partial charge in [0.15, 0.2) is 0 Å². The zero-order valence-electron chi connectivity index (χ0n) is 9.94. The van der Waals surface area contributed by atoms with Crippen molar-refractivity contribution in [3.63, 3.8) is 0 Å². The molecule has 1 heterocycles. The molecule has 1 aliphatic rings. The zero-order chi connectivity index (χ0) is 13.8. The Morgan fingerprint density at radius 2 is 2.26 bits per heavy atom. The van der Waals surface area contributed by atoms with Crippen molar-refractivity contribution in [2.45, 2.75) is 17.8 Å². The molecule has 0 aromatic heterocycles. The highest BCUT2D eigenvalue weighted by molar-refractivity contribution is 8.00. The molecule has 0 amide bonds. The molecular formula is C12H13Cl2NO3S. The van der Waals surface area contributed by atoms with E-state index >= 15 is 0 Å². The summed E-state index contributed by atoms with van der Waals surface area (Å²) in [6.45, 7) is 0.495. The van der Waals surface area contributed by atoms with Crippen LogP contribution >= 0.6 is 35.0 Å². The summed E-state index contributed by atoms with van der Waals surface area (Å²) in [7, 11) is 0. The molecule has 4 nitrogen and oxygen atoms in total. The van der Waals surface area contributed by atoms with Gasteiger partial charge < -0.3 is 9.84 Å². The summed E-state index contributed by atoms with van der Waals surface area (Å²) in [6, 6.07) is 4.64. The Hall–Kier alpha value is -0.620. The number of aliphatic carboxylic acids is 1. The molecule has 2 unspecified atom stereocenters. The van der Waals surface area contributed by atoms with E-state index in [1.54, 1.807) is 30.0 Å². The van der Waals surface area contributed by atoms with E-state index in [1.807, 2.05) is 0 Å². The predicted octanol–water partition coefficient (Wildman–Crippen LogP) is 2.88. The molecule has 0 aliphatic carbocycles. The van der Waals surface area contributed by atoms with Crippen LogP contribution < -0.4 is 10.1 Å². The minimum Gasteiger partial charge on any atom is -0.493 e. The third-order valence-corrected chi connectivity index (χ3v) is 4.73. The molecule has 2 rings (SSSR count).